The largest absolute Gasteiger partial charge is 0.481 e. The van der Waals surface area contributed by atoms with Gasteiger partial charge in [0.2, 0.25) is 5.91 Å². The van der Waals surface area contributed by atoms with Crippen molar-refractivity contribution in [2.75, 3.05) is 13.1 Å². The summed E-state index contributed by atoms with van der Waals surface area (Å²) in [6.07, 6.45) is 0.670. The molecule has 1 atom stereocenters. The highest BCUT2D eigenvalue weighted by atomic mass is 16.4. The monoisotopic (exact) mass is 245 g/mol. The van der Waals surface area contributed by atoms with Crippen molar-refractivity contribution >= 4 is 17.9 Å². The van der Waals surface area contributed by atoms with Gasteiger partial charge in [0.1, 0.15) is 0 Å². The number of carbonyl (C=O) groups excluding carboxylic acids is 2. The van der Waals surface area contributed by atoms with Crippen LogP contribution in [-0.4, -0.2) is 42.1 Å². The lowest BCUT2D eigenvalue weighted by atomic mass is 10.2. The zero-order valence-corrected chi connectivity index (χ0v) is 10.1. The molecule has 7 heteroatoms. The molecule has 0 aliphatic rings. The van der Waals surface area contributed by atoms with E-state index < -0.39 is 18.0 Å². The van der Waals surface area contributed by atoms with E-state index in [-0.39, 0.29) is 18.9 Å². The summed E-state index contributed by atoms with van der Waals surface area (Å²) in [6.45, 7) is 3.95. The Morgan fingerprint density at radius 3 is 2.41 bits per heavy atom. The van der Waals surface area contributed by atoms with Crippen LogP contribution in [0.4, 0.5) is 4.79 Å². The Labute approximate surface area is 100.0 Å². The Kier molecular flexibility index (Phi) is 7.49. The van der Waals surface area contributed by atoms with E-state index in [1.165, 1.54) is 0 Å². The molecule has 0 fully saturated rings. The Morgan fingerprint density at radius 1 is 1.24 bits per heavy atom. The van der Waals surface area contributed by atoms with Crippen LogP contribution in [0.1, 0.15) is 26.7 Å². The Morgan fingerprint density at radius 2 is 1.88 bits per heavy atom. The van der Waals surface area contributed by atoms with Gasteiger partial charge in [0.15, 0.2) is 0 Å². The number of nitrogens with one attached hydrogen (secondary N) is 3. The highest BCUT2D eigenvalue weighted by molar-refractivity contribution is 5.84. The van der Waals surface area contributed by atoms with Gasteiger partial charge in [-0.25, -0.2) is 4.79 Å². The second-order valence-corrected chi connectivity index (χ2v) is 3.68. The molecular formula is C10H19N3O4. The molecular weight excluding hydrogens is 226 g/mol. The van der Waals surface area contributed by atoms with Crippen molar-refractivity contribution < 1.29 is 19.5 Å². The molecule has 0 aromatic rings. The van der Waals surface area contributed by atoms with Crippen LogP contribution in [0, 0.1) is 0 Å². The number of carbonyl (C=O) groups is 3. The molecule has 4 N–H and O–H groups in total. The smallest absolute Gasteiger partial charge is 0.315 e. The minimum atomic E-state index is -0.988. The van der Waals surface area contributed by atoms with Crippen LogP contribution in [0.3, 0.4) is 0 Å². The fourth-order valence-corrected chi connectivity index (χ4v) is 1.08. The van der Waals surface area contributed by atoms with Gasteiger partial charge in [0.05, 0.1) is 13.0 Å². The molecule has 0 aromatic heterocycles. The average molecular weight is 245 g/mol. The van der Waals surface area contributed by atoms with Crippen LogP contribution in [0.5, 0.6) is 0 Å². The number of carboxylic acids is 1. The topological polar surface area (TPSA) is 108 Å². The number of urea groups is 1. The average Bonchev–Trinajstić information content (AvgIpc) is 2.22. The quantitative estimate of drug-likeness (QED) is 0.492. The summed E-state index contributed by atoms with van der Waals surface area (Å²) in [5.41, 5.74) is 0. The fraction of sp³-hybridized carbons (Fsp3) is 0.700. The molecule has 0 radical (unpaired) electrons. The summed E-state index contributed by atoms with van der Waals surface area (Å²) in [5, 5.41) is 15.8. The third-order valence-corrected chi connectivity index (χ3v) is 1.84. The molecule has 0 aliphatic heterocycles. The summed E-state index contributed by atoms with van der Waals surface area (Å²) < 4.78 is 0. The van der Waals surface area contributed by atoms with E-state index in [1.807, 2.05) is 6.92 Å². The number of rotatable bonds is 7. The predicted molar refractivity (Wildman–Crippen MR) is 61.5 cm³/mol. The van der Waals surface area contributed by atoms with E-state index in [1.54, 1.807) is 6.92 Å². The molecule has 0 bridgehead atoms. The molecule has 0 aromatic carbocycles. The van der Waals surface area contributed by atoms with Crippen molar-refractivity contribution in [3.8, 4) is 0 Å². The van der Waals surface area contributed by atoms with Crippen molar-refractivity contribution in [3.05, 3.63) is 0 Å². The molecule has 98 valence electrons. The Bertz CT molecular complexity index is 281. The highest BCUT2D eigenvalue weighted by Crippen LogP contribution is 1.89. The van der Waals surface area contributed by atoms with Crippen molar-refractivity contribution in [2.24, 2.45) is 0 Å². The number of aliphatic carboxylic acids is 1. The van der Waals surface area contributed by atoms with Gasteiger partial charge >= 0.3 is 12.0 Å². The molecule has 17 heavy (non-hydrogen) atoms. The molecule has 0 rings (SSSR count). The van der Waals surface area contributed by atoms with Gasteiger partial charge in [0.25, 0.3) is 0 Å². The SMILES string of the molecule is CCCNC(=O)CNC(=O)NC(C)CC(=O)O. The second-order valence-electron chi connectivity index (χ2n) is 3.68. The summed E-state index contributed by atoms with van der Waals surface area (Å²) >= 11 is 0. The van der Waals surface area contributed by atoms with Gasteiger partial charge < -0.3 is 21.1 Å². The maximum atomic E-state index is 11.2. The zero-order valence-electron chi connectivity index (χ0n) is 10.1. The highest BCUT2D eigenvalue weighted by Gasteiger charge is 2.11. The molecule has 0 saturated carbocycles. The van der Waals surface area contributed by atoms with E-state index in [2.05, 4.69) is 16.0 Å². The number of carboxylic acid groups (broad SMARTS) is 1. The number of hydrogen-bond donors (Lipinski definition) is 4. The molecule has 3 amide bonds. The van der Waals surface area contributed by atoms with Crippen molar-refractivity contribution in [2.45, 2.75) is 32.7 Å². The minimum absolute atomic E-state index is 0.119. The first kappa shape index (κ1) is 15.2. The van der Waals surface area contributed by atoms with Crippen LogP contribution in [0.25, 0.3) is 0 Å². The van der Waals surface area contributed by atoms with Gasteiger partial charge in [-0.15, -0.1) is 0 Å². The summed E-state index contributed by atoms with van der Waals surface area (Å²) in [7, 11) is 0. The first-order valence-corrected chi connectivity index (χ1v) is 5.48. The van der Waals surface area contributed by atoms with E-state index in [0.717, 1.165) is 6.42 Å². The lowest BCUT2D eigenvalue weighted by molar-refractivity contribution is -0.137. The Balaban J connectivity index is 3.72. The van der Waals surface area contributed by atoms with Gasteiger partial charge in [-0.05, 0) is 13.3 Å². The summed E-state index contributed by atoms with van der Waals surface area (Å²) in [6, 6.07) is -1.03. The van der Waals surface area contributed by atoms with Crippen LogP contribution in [0.15, 0.2) is 0 Å². The van der Waals surface area contributed by atoms with Crippen LogP contribution in [-0.2, 0) is 9.59 Å². The van der Waals surface area contributed by atoms with Crippen LogP contribution >= 0.6 is 0 Å². The molecule has 0 heterocycles. The number of amides is 3. The first-order chi connectivity index (χ1) is 7.95. The minimum Gasteiger partial charge on any atom is -0.481 e. The standard InChI is InChI=1S/C10H19N3O4/c1-3-4-11-8(14)6-12-10(17)13-7(2)5-9(15)16/h7H,3-6H2,1-2H3,(H,11,14)(H,15,16)(H2,12,13,17). The lowest BCUT2D eigenvalue weighted by Gasteiger charge is -2.12. The third kappa shape index (κ3) is 9.16. The molecule has 0 spiro atoms. The maximum absolute atomic E-state index is 11.2. The maximum Gasteiger partial charge on any atom is 0.315 e. The molecule has 1 unspecified atom stereocenters. The zero-order chi connectivity index (χ0) is 13.3. The van der Waals surface area contributed by atoms with Gasteiger partial charge in [-0.2, -0.15) is 0 Å². The van der Waals surface area contributed by atoms with Gasteiger partial charge in [-0.1, -0.05) is 6.92 Å². The summed E-state index contributed by atoms with van der Waals surface area (Å²) in [5.74, 6) is -1.26. The van der Waals surface area contributed by atoms with Gasteiger partial charge in [0, 0.05) is 12.6 Å². The van der Waals surface area contributed by atoms with Crippen molar-refractivity contribution in [1.29, 1.82) is 0 Å². The fourth-order valence-electron chi connectivity index (χ4n) is 1.08. The normalized spacial score (nSPS) is 11.4. The predicted octanol–water partition coefficient (Wildman–Crippen LogP) is -0.325. The van der Waals surface area contributed by atoms with E-state index in [9.17, 15) is 14.4 Å². The Hall–Kier alpha value is -1.79. The second kappa shape index (κ2) is 8.37. The molecule has 7 nitrogen and oxygen atoms in total. The molecule has 0 saturated heterocycles. The lowest BCUT2D eigenvalue weighted by Crippen LogP contribution is -2.45. The summed E-state index contributed by atoms with van der Waals surface area (Å²) in [4.78, 5) is 32.7. The molecule has 0 aliphatic carbocycles. The van der Waals surface area contributed by atoms with Crippen molar-refractivity contribution in [3.63, 3.8) is 0 Å². The van der Waals surface area contributed by atoms with E-state index >= 15 is 0 Å². The van der Waals surface area contributed by atoms with Crippen LogP contribution < -0.4 is 16.0 Å². The van der Waals surface area contributed by atoms with Crippen LogP contribution in [0.2, 0.25) is 0 Å². The third-order valence-electron chi connectivity index (χ3n) is 1.84. The van der Waals surface area contributed by atoms with Crippen molar-refractivity contribution in [1.82, 2.24) is 16.0 Å². The first-order valence-electron chi connectivity index (χ1n) is 5.48. The van der Waals surface area contributed by atoms with E-state index in [4.69, 9.17) is 5.11 Å². The van der Waals surface area contributed by atoms with Gasteiger partial charge in [-0.3, -0.25) is 9.59 Å². The number of hydrogen-bond acceptors (Lipinski definition) is 3. The van der Waals surface area contributed by atoms with E-state index in [0.29, 0.717) is 6.54 Å².